The highest BCUT2D eigenvalue weighted by atomic mass is 16.7. The van der Waals surface area contributed by atoms with Crippen molar-refractivity contribution in [2.75, 3.05) is 19.8 Å². The van der Waals surface area contributed by atoms with Crippen LogP contribution >= 0.6 is 0 Å². The molecule has 31 heavy (non-hydrogen) atoms. The van der Waals surface area contributed by atoms with Gasteiger partial charge in [-0.15, -0.1) is 0 Å². The molecule has 2 fully saturated rings. The van der Waals surface area contributed by atoms with Crippen LogP contribution in [0.25, 0.3) is 0 Å². The van der Waals surface area contributed by atoms with Gasteiger partial charge in [-0.3, -0.25) is 4.79 Å². The molecule has 1 aliphatic carbocycles. The standard InChI is InChI=1S/C21H36O10/c1-10(2)5-16(24)29-9-13-12(6-15(23)21(13,4)28)11(3)8-30-20-19(27)18(26)17(25)14(7-22)31-20/h10,12-15,17-20,22-23,25-28H,3,5-9H2,1-2,4H3. The zero-order valence-corrected chi connectivity index (χ0v) is 18.3. The number of esters is 1. The summed E-state index contributed by atoms with van der Waals surface area (Å²) in [5.41, 5.74) is -1.03. The number of ether oxygens (including phenoxy) is 3. The van der Waals surface area contributed by atoms with Gasteiger partial charge in [0.25, 0.3) is 0 Å². The van der Waals surface area contributed by atoms with Crippen molar-refractivity contribution in [3.05, 3.63) is 12.2 Å². The fourth-order valence-corrected chi connectivity index (χ4v) is 4.11. The van der Waals surface area contributed by atoms with Crippen LogP contribution in [0.3, 0.4) is 0 Å². The predicted octanol–water partition coefficient (Wildman–Crippen LogP) is -1.30. The van der Waals surface area contributed by atoms with E-state index in [0.717, 1.165) is 0 Å². The normalized spacial score (nSPS) is 40.8. The van der Waals surface area contributed by atoms with Crippen LogP contribution in [-0.4, -0.2) is 98.8 Å². The van der Waals surface area contributed by atoms with Crippen LogP contribution in [0.5, 0.6) is 0 Å². The van der Waals surface area contributed by atoms with E-state index in [2.05, 4.69) is 6.58 Å². The summed E-state index contributed by atoms with van der Waals surface area (Å²) in [6.07, 6.45) is -7.66. The van der Waals surface area contributed by atoms with Crippen LogP contribution in [0.15, 0.2) is 12.2 Å². The monoisotopic (exact) mass is 448 g/mol. The van der Waals surface area contributed by atoms with Crippen LogP contribution in [-0.2, 0) is 19.0 Å². The summed E-state index contributed by atoms with van der Waals surface area (Å²) in [4.78, 5) is 11.9. The fraction of sp³-hybridized carbons (Fsp3) is 0.857. The van der Waals surface area contributed by atoms with Crippen molar-refractivity contribution >= 4 is 5.97 Å². The zero-order chi connectivity index (χ0) is 23.5. The van der Waals surface area contributed by atoms with Crippen LogP contribution < -0.4 is 0 Å². The summed E-state index contributed by atoms with van der Waals surface area (Å²) in [5, 5.41) is 60.1. The van der Waals surface area contributed by atoms with Gasteiger partial charge in [-0.1, -0.05) is 20.4 Å². The van der Waals surface area contributed by atoms with Crippen molar-refractivity contribution in [2.24, 2.45) is 17.8 Å². The Morgan fingerprint density at radius 2 is 1.84 bits per heavy atom. The first-order chi connectivity index (χ1) is 14.4. The molecule has 6 N–H and O–H groups in total. The van der Waals surface area contributed by atoms with E-state index in [0.29, 0.717) is 5.57 Å². The van der Waals surface area contributed by atoms with E-state index in [-0.39, 0.29) is 32.0 Å². The second-order valence-corrected chi connectivity index (χ2v) is 9.14. The lowest BCUT2D eigenvalue weighted by molar-refractivity contribution is -0.299. The lowest BCUT2D eigenvalue weighted by Crippen LogP contribution is -2.59. The number of rotatable bonds is 9. The topological polar surface area (TPSA) is 166 Å². The summed E-state index contributed by atoms with van der Waals surface area (Å²) in [7, 11) is 0. The van der Waals surface area contributed by atoms with E-state index in [1.54, 1.807) is 0 Å². The molecule has 1 saturated carbocycles. The summed E-state index contributed by atoms with van der Waals surface area (Å²) in [6.45, 7) is 8.39. The number of aliphatic hydroxyl groups is 6. The lowest BCUT2D eigenvalue weighted by atomic mass is 9.84. The van der Waals surface area contributed by atoms with Gasteiger partial charge in [0.15, 0.2) is 6.29 Å². The number of carbonyl (C=O) groups excluding carboxylic acids is 1. The second kappa shape index (κ2) is 10.7. The molecular formula is C21H36O10. The van der Waals surface area contributed by atoms with Crippen LogP contribution in [0.1, 0.15) is 33.6 Å². The number of carbonyl (C=O) groups is 1. The quantitative estimate of drug-likeness (QED) is 0.184. The van der Waals surface area contributed by atoms with Gasteiger partial charge in [-0.2, -0.15) is 0 Å². The van der Waals surface area contributed by atoms with Gasteiger partial charge in [0, 0.05) is 12.3 Å². The largest absolute Gasteiger partial charge is 0.465 e. The molecule has 0 radical (unpaired) electrons. The minimum absolute atomic E-state index is 0.0979. The van der Waals surface area contributed by atoms with Crippen molar-refractivity contribution in [2.45, 2.75) is 76.0 Å². The summed E-state index contributed by atoms with van der Waals surface area (Å²) < 4.78 is 16.2. The number of aliphatic hydroxyl groups excluding tert-OH is 5. The first kappa shape index (κ1) is 26.1. The van der Waals surface area contributed by atoms with E-state index in [4.69, 9.17) is 14.2 Å². The first-order valence-electron chi connectivity index (χ1n) is 10.6. The van der Waals surface area contributed by atoms with Crippen LogP contribution in [0.2, 0.25) is 0 Å². The molecule has 10 nitrogen and oxygen atoms in total. The van der Waals surface area contributed by atoms with Gasteiger partial charge in [-0.05, 0) is 30.8 Å². The third kappa shape index (κ3) is 6.02. The summed E-state index contributed by atoms with van der Waals surface area (Å²) in [5.74, 6) is -1.33. The van der Waals surface area contributed by atoms with Crippen molar-refractivity contribution in [1.82, 2.24) is 0 Å². The van der Waals surface area contributed by atoms with E-state index in [1.165, 1.54) is 6.92 Å². The molecule has 0 spiro atoms. The molecule has 9 unspecified atom stereocenters. The highest BCUT2D eigenvalue weighted by Gasteiger charge is 2.52. The van der Waals surface area contributed by atoms with E-state index in [9.17, 15) is 35.4 Å². The van der Waals surface area contributed by atoms with E-state index >= 15 is 0 Å². The van der Waals surface area contributed by atoms with E-state index < -0.39 is 66.8 Å². The minimum atomic E-state index is -1.56. The molecule has 9 atom stereocenters. The molecule has 0 aromatic carbocycles. The maximum atomic E-state index is 11.9. The molecule has 2 rings (SSSR count). The Balaban J connectivity index is 2.00. The Labute approximate surface area is 182 Å². The molecule has 0 amide bonds. The predicted molar refractivity (Wildman–Crippen MR) is 108 cm³/mol. The second-order valence-electron chi connectivity index (χ2n) is 9.14. The van der Waals surface area contributed by atoms with Crippen LogP contribution in [0.4, 0.5) is 0 Å². The highest BCUT2D eigenvalue weighted by molar-refractivity contribution is 5.69. The van der Waals surface area contributed by atoms with Gasteiger partial charge in [0.2, 0.25) is 0 Å². The Kier molecular flexibility index (Phi) is 9.00. The zero-order valence-electron chi connectivity index (χ0n) is 18.3. The van der Waals surface area contributed by atoms with Crippen molar-refractivity contribution in [3.63, 3.8) is 0 Å². The third-order valence-corrected chi connectivity index (χ3v) is 6.19. The van der Waals surface area contributed by atoms with Crippen molar-refractivity contribution in [3.8, 4) is 0 Å². The highest BCUT2D eigenvalue weighted by Crippen LogP contribution is 2.44. The maximum absolute atomic E-state index is 11.9. The van der Waals surface area contributed by atoms with Crippen LogP contribution in [0, 0.1) is 17.8 Å². The minimum Gasteiger partial charge on any atom is -0.465 e. The molecular weight excluding hydrogens is 412 g/mol. The molecule has 1 heterocycles. The Morgan fingerprint density at radius 1 is 1.19 bits per heavy atom. The Bertz CT molecular complexity index is 619. The summed E-state index contributed by atoms with van der Waals surface area (Å²) >= 11 is 0. The smallest absolute Gasteiger partial charge is 0.306 e. The average molecular weight is 449 g/mol. The molecule has 180 valence electrons. The van der Waals surface area contributed by atoms with Gasteiger partial charge >= 0.3 is 5.97 Å². The Morgan fingerprint density at radius 3 is 2.42 bits per heavy atom. The van der Waals surface area contributed by atoms with Gasteiger partial charge < -0.3 is 44.8 Å². The Hall–Kier alpha value is -1.11. The van der Waals surface area contributed by atoms with E-state index in [1.807, 2.05) is 13.8 Å². The number of hydrogen-bond donors (Lipinski definition) is 6. The lowest BCUT2D eigenvalue weighted by Gasteiger charge is -2.40. The molecule has 0 bridgehead atoms. The average Bonchev–Trinajstić information content (AvgIpc) is 2.92. The van der Waals surface area contributed by atoms with Gasteiger partial charge in [0.05, 0.1) is 31.5 Å². The number of hydrogen-bond acceptors (Lipinski definition) is 10. The van der Waals surface area contributed by atoms with Gasteiger partial charge in [0.1, 0.15) is 24.4 Å². The molecule has 0 aromatic rings. The fourth-order valence-electron chi connectivity index (χ4n) is 4.11. The SMILES string of the molecule is C=C(COC1OC(CO)C(O)C(O)C1O)C1CC(O)C(C)(O)C1COC(=O)CC(C)C. The van der Waals surface area contributed by atoms with Gasteiger partial charge in [-0.25, -0.2) is 0 Å². The molecule has 10 heteroatoms. The first-order valence-corrected chi connectivity index (χ1v) is 10.6. The molecule has 1 saturated heterocycles. The summed E-state index contributed by atoms with van der Waals surface area (Å²) in [6, 6.07) is 0. The molecule has 2 aliphatic rings. The molecule has 1 aliphatic heterocycles. The molecule has 0 aromatic heterocycles. The van der Waals surface area contributed by atoms with Crippen molar-refractivity contribution in [1.29, 1.82) is 0 Å². The van der Waals surface area contributed by atoms with Crippen molar-refractivity contribution < 1.29 is 49.6 Å². The maximum Gasteiger partial charge on any atom is 0.306 e. The third-order valence-electron chi connectivity index (χ3n) is 6.19.